The number of aliphatic hydroxyl groups excluding tert-OH is 2. The summed E-state index contributed by atoms with van der Waals surface area (Å²) in [7, 11) is 2.13. The summed E-state index contributed by atoms with van der Waals surface area (Å²) in [5.41, 5.74) is 0. The van der Waals surface area contributed by atoms with E-state index < -0.39 is 24.1 Å². The lowest BCUT2D eigenvalue weighted by Crippen LogP contribution is -2.46. The number of aliphatic carboxylic acids is 2. The number of nitrogens with zero attached hydrogens (tertiary/aromatic N) is 2. The highest BCUT2D eigenvalue weighted by molar-refractivity contribution is 5.83. The molecular formula is C29H56N2O8. The van der Waals surface area contributed by atoms with Crippen LogP contribution in [0.4, 0.5) is 0 Å². The van der Waals surface area contributed by atoms with Gasteiger partial charge in [-0.25, -0.2) is 9.59 Å². The van der Waals surface area contributed by atoms with E-state index in [0.29, 0.717) is 13.2 Å². The maximum absolute atomic E-state index is 11.9. The molecule has 2 unspecified atom stereocenters. The van der Waals surface area contributed by atoms with Crippen LogP contribution in [0.25, 0.3) is 0 Å². The van der Waals surface area contributed by atoms with Crippen molar-refractivity contribution in [1.82, 2.24) is 9.80 Å². The number of esters is 1. The zero-order valence-corrected chi connectivity index (χ0v) is 24.5. The van der Waals surface area contributed by atoms with Gasteiger partial charge in [0.05, 0.1) is 13.2 Å². The molecule has 1 aliphatic rings. The second-order valence-electron chi connectivity index (χ2n) is 10.7. The van der Waals surface area contributed by atoms with Gasteiger partial charge in [0.2, 0.25) is 0 Å². The van der Waals surface area contributed by atoms with Crippen molar-refractivity contribution in [3.8, 4) is 0 Å². The summed E-state index contributed by atoms with van der Waals surface area (Å²) < 4.78 is 5.40. The van der Waals surface area contributed by atoms with E-state index in [2.05, 4.69) is 23.8 Å². The highest BCUT2D eigenvalue weighted by Crippen LogP contribution is 2.13. The van der Waals surface area contributed by atoms with Crippen LogP contribution < -0.4 is 0 Å². The SMILES string of the molecule is CCCCCCCCCCCCCCCCCCOC(=O)CN1CCN(C)CC1.O=C(O)C(O)C(O)C(=O)O. The van der Waals surface area contributed by atoms with Crippen LogP contribution in [0.3, 0.4) is 0 Å². The fourth-order valence-electron chi connectivity index (χ4n) is 4.34. The fourth-order valence-corrected chi connectivity index (χ4v) is 4.34. The van der Waals surface area contributed by atoms with Gasteiger partial charge in [0.25, 0.3) is 0 Å². The molecule has 10 heteroatoms. The van der Waals surface area contributed by atoms with E-state index in [1.165, 1.54) is 96.3 Å². The second kappa shape index (κ2) is 25.2. The van der Waals surface area contributed by atoms with Gasteiger partial charge in [-0.1, -0.05) is 103 Å². The summed E-state index contributed by atoms with van der Waals surface area (Å²) in [6.07, 6.45) is 17.4. The van der Waals surface area contributed by atoms with Crippen molar-refractivity contribution >= 4 is 17.9 Å². The average Bonchev–Trinajstić information content (AvgIpc) is 2.91. The van der Waals surface area contributed by atoms with Crippen LogP contribution in [-0.4, -0.2) is 107 Å². The molecule has 0 aromatic carbocycles. The lowest BCUT2D eigenvalue weighted by atomic mass is 10.0. The second-order valence-corrected chi connectivity index (χ2v) is 10.7. The van der Waals surface area contributed by atoms with Crippen molar-refractivity contribution in [2.75, 3.05) is 46.4 Å². The minimum atomic E-state index is -2.27. The molecule has 1 saturated heterocycles. The van der Waals surface area contributed by atoms with Gasteiger partial charge in [0, 0.05) is 26.2 Å². The summed E-state index contributed by atoms with van der Waals surface area (Å²) in [6.45, 7) is 7.40. The molecule has 0 amide bonds. The Balaban J connectivity index is 0.00000122. The van der Waals surface area contributed by atoms with E-state index in [1.807, 2.05) is 0 Å². The Hall–Kier alpha value is -1.75. The lowest BCUT2D eigenvalue weighted by Gasteiger charge is -2.31. The van der Waals surface area contributed by atoms with Crippen molar-refractivity contribution < 1.29 is 39.5 Å². The summed E-state index contributed by atoms with van der Waals surface area (Å²) >= 11 is 0. The number of piperazine rings is 1. The first-order valence-corrected chi connectivity index (χ1v) is 15.1. The van der Waals surface area contributed by atoms with Crippen LogP contribution in [0.1, 0.15) is 110 Å². The van der Waals surface area contributed by atoms with Crippen LogP contribution in [0.5, 0.6) is 0 Å². The average molecular weight is 561 g/mol. The van der Waals surface area contributed by atoms with Gasteiger partial charge in [-0.15, -0.1) is 0 Å². The third-order valence-corrected chi connectivity index (χ3v) is 7.01. The number of carboxylic acids is 2. The molecule has 0 radical (unpaired) electrons. The molecule has 0 aromatic rings. The van der Waals surface area contributed by atoms with Crippen LogP contribution >= 0.6 is 0 Å². The maximum atomic E-state index is 11.9. The van der Waals surface area contributed by atoms with Crippen LogP contribution in [0.2, 0.25) is 0 Å². The standard InChI is InChI=1S/C25H50N2O2.C4H6O6/c1-3-4-5-6-7-8-9-10-11-12-13-14-15-16-17-18-23-29-25(28)24-27-21-19-26(2)20-22-27;5-1(3(7)8)2(6)4(9)10/h3-24H2,1-2H3;1-2,5-6H,(H,7,8)(H,9,10). The van der Waals surface area contributed by atoms with Gasteiger partial charge in [0.1, 0.15) is 0 Å². The molecule has 0 saturated carbocycles. The molecule has 2 atom stereocenters. The molecule has 1 heterocycles. The highest BCUT2D eigenvalue weighted by atomic mass is 16.5. The first kappa shape index (κ1) is 37.2. The molecule has 0 bridgehead atoms. The summed E-state index contributed by atoms with van der Waals surface area (Å²) in [5.74, 6) is -3.58. The Morgan fingerprint density at radius 3 is 1.36 bits per heavy atom. The molecule has 1 rings (SSSR count). The third-order valence-electron chi connectivity index (χ3n) is 7.01. The van der Waals surface area contributed by atoms with Crippen molar-refractivity contribution in [1.29, 1.82) is 0 Å². The van der Waals surface area contributed by atoms with E-state index in [4.69, 9.17) is 25.2 Å². The molecule has 0 aromatic heterocycles. The van der Waals surface area contributed by atoms with Gasteiger partial charge < -0.3 is 30.1 Å². The quantitative estimate of drug-likeness (QED) is 0.113. The number of carboxylic acid groups (broad SMARTS) is 2. The first-order valence-electron chi connectivity index (χ1n) is 15.1. The van der Waals surface area contributed by atoms with E-state index >= 15 is 0 Å². The number of hydrogen-bond donors (Lipinski definition) is 4. The summed E-state index contributed by atoms with van der Waals surface area (Å²) in [6, 6.07) is 0. The predicted octanol–water partition coefficient (Wildman–Crippen LogP) is 3.92. The van der Waals surface area contributed by atoms with Gasteiger partial charge in [-0.05, 0) is 13.5 Å². The van der Waals surface area contributed by atoms with Crippen molar-refractivity contribution in [2.24, 2.45) is 0 Å². The Labute approximate surface area is 235 Å². The predicted molar refractivity (Wildman–Crippen MR) is 152 cm³/mol. The number of aliphatic hydroxyl groups is 2. The maximum Gasteiger partial charge on any atom is 0.335 e. The number of unbranched alkanes of at least 4 members (excludes halogenated alkanes) is 15. The van der Waals surface area contributed by atoms with Crippen molar-refractivity contribution in [3.05, 3.63) is 0 Å². The molecule has 4 N–H and O–H groups in total. The molecule has 0 aliphatic carbocycles. The molecule has 1 fully saturated rings. The zero-order chi connectivity index (χ0) is 29.3. The van der Waals surface area contributed by atoms with Gasteiger partial charge in [0.15, 0.2) is 12.2 Å². The van der Waals surface area contributed by atoms with E-state index in [0.717, 1.165) is 32.6 Å². The third kappa shape index (κ3) is 22.7. The molecule has 39 heavy (non-hydrogen) atoms. The number of rotatable bonds is 22. The Kier molecular flexibility index (Phi) is 24.1. The first-order chi connectivity index (χ1) is 18.7. The number of carbonyl (C=O) groups is 3. The van der Waals surface area contributed by atoms with Gasteiger partial charge in [-0.3, -0.25) is 9.69 Å². The van der Waals surface area contributed by atoms with E-state index in [9.17, 15) is 14.4 Å². The lowest BCUT2D eigenvalue weighted by molar-refractivity contribution is -0.165. The highest BCUT2D eigenvalue weighted by Gasteiger charge is 2.29. The Morgan fingerprint density at radius 2 is 1.00 bits per heavy atom. The van der Waals surface area contributed by atoms with Gasteiger partial charge in [-0.2, -0.15) is 0 Å². The monoisotopic (exact) mass is 560 g/mol. The number of ether oxygens (including phenoxy) is 1. The van der Waals surface area contributed by atoms with Crippen LogP contribution in [-0.2, 0) is 19.1 Å². The normalized spacial score (nSPS) is 15.7. The molecule has 230 valence electrons. The van der Waals surface area contributed by atoms with E-state index in [1.54, 1.807) is 0 Å². The summed E-state index contributed by atoms with van der Waals surface area (Å²) in [5, 5.41) is 32.5. The Bertz CT molecular complexity index is 608. The zero-order valence-electron chi connectivity index (χ0n) is 24.5. The minimum Gasteiger partial charge on any atom is -0.479 e. The van der Waals surface area contributed by atoms with E-state index in [-0.39, 0.29) is 5.97 Å². The smallest absolute Gasteiger partial charge is 0.335 e. The number of likely N-dealkylation sites (N-methyl/N-ethyl adjacent to an activating group) is 1. The minimum absolute atomic E-state index is 0.0458. The molecular weight excluding hydrogens is 504 g/mol. The topological polar surface area (TPSA) is 148 Å². The van der Waals surface area contributed by atoms with Crippen molar-refractivity contribution in [2.45, 2.75) is 122 Å². The fraction of sp³-hybridized carbons (Fsp3) is 0.897. The van der Waals surface area contributed by atoms with Crippen LogP contribution in [0, 0.1) is 0 Å². The number of carbonyl (C=O) groups excluding carboxylic acids is 1. The largest absolute Gasteiger partial charge is 0.479 e. The van der Waals surface area contributed by atoms with Crippen LogP contribution in [0.15, 0.2) is 0 Å². The molecule has 0 spiro atoms. The number of hydrogen-bond acceptors (Lipinski definition) is 8. The van der Waals surface area contributed by atoms with Crippen molar-refractivity contribution in [3.63, 3.8) is 0 Å². The molecule has 1 aliphatic heterocycles. The Morgan fingerprint density at radius 1 is 0.641 bits per heavy atom. The molecule has 10 nitrogen and oxygen atoms in total. The van der Waals surface area contributed by atoms with Gasteiger partial charge >= 0.3 is 17.9 Å². The summed E-state index contributed by atoms with van der Waals surface area (Å²) in [4.78, 5) is 35.9.